The van der Waals surface area contributed by atoms with Crippen LogP contribution in [0.5, 0.6) is 0 Å². The largest absolute Gasteiger partial charge is 0.481 e. The summed E-state index contributed by atoms with van der Waals surface area (Å²) in [5.74, 6) is -1.83. The number of aliphatic carboxylic acids is 2. The van der Waals surface area contributed by atoms with Crippen molar-refractivity contribution in [3.63, 3.8) is 0 Å². The van der Waals surface area contributed by atoms with E-state index in [4.69, 9.17) is 10.2 Å². The molecule has 0 spiro atoms. The molecule has 0 aliphatic rings. The first-order valence-electron chi connectivity index (χ1n) is 6.28. The number of nitrogens with zero attached hydrogens (tertiary/aromatic N) is 1. The van der Waals surface area contributed by atoms with E-state index in [2.05, 4.69) is 0 Å². The molecule has 1 aromatic rings. The second-order valence-electron chi connectivity index (χ2n) is 4.40. The molecule has 0 saturated carbocycles. The van der Waals surface area contributed by atoms with Gasteiger partial charge in [-0.2, -0.15) is 0 Å². The molecule has 104 valence electrons. The molecule has 0 amide bonds. The van der Waals surface area contributed by atoms with Crippen LogP contribution in [0, 0.1) is 0 Å². The number of benzene rings is 1. The highest BCUT2D eigenvalue weighted by atomic mass is 16.4. The first-order chi connectivity index (χ1) is 9.08. The summed E-state index contributed by atoms with van der Waals surface area (Å²) < 4.78 is 0. The third kappa shape index (κ3) is 7.21. The molecule has 0 aromatic heterocycles. The highest BCUT2D eigenvalue weighted by molar-refractivity contribution is 5.69. The molecule has 5 heteroatoms. The minimum Gasteiger partial charge on any atom is -0.481 e. The maximum absolute atomic E-state index is 10.7. The Morgan fingerprint density at radius 1 is 1.00 bits per heavy atom. The summed E-state index contributed by atoms with van der Waals surface area (Å²) in [6.45, 7) is 0.757. The molecule has 0 aliphatic carbocycles. The number of rotatable bonds is 9. The quantitative estimate of drug-likeness (QED) is 0.707. The van der Waals surface area contributed by atoms with Crippen molar-refractivity contribution in [3.05, 3.63) is 35.9 Å². The summed E-state index contributed by atoms with van der Waals surface area (Å²) >= 11 is 0. The summed E-state index contributed by atoms with van der Waals surface area (Å²) in [4.78, 5) is 22.9. The average molecular weight is 265 g/mol. The standard InChI is InChI=1S/C14H19NO4/c16-13(17)8-10-15(11-14(18)19)9-4-7-12-5-2-1-3-6-12/h1-3,5-6H,4,7-11H2,(H,16,17)(H,18,19). The van der Waals surface area contributed by atoms with Crippen molar-refractivity contribution in [2.24, 2.45) is 0 Å². The van der Waals surface area contributed by atoms with Crippen LogP contribution in [-0.4, -0.2) is 46.7 Å². The predicted molar refractivity (Wildman–Crippen MR) is 71.1 cm³/mol. The van der Waals surface area contributed by atoms with Crippen molar-refractivity contribution < 1.29 is 19.8 Å². The fourth-order valence-corrected chi connectivity index (χ4v) is 1.87. The van der Waals surface area contributed by atoms with E-state index in [9.17, 15) is 9.59 Å². The predicted octanol–water partition coefficient (Wildman–Crippen LogP) is 1.48. The second kappa shape index (κ2) is 8.26. The van der Waals surface area contributed by atoms with Gasteiger partial charge in [0.15, 0.2) is 0 Å². The van der Waals surface area contributed by atoms with Gasteiger partial charge in [0.25, 0.3) is 0 Å². The summed E-state index contributed by atoms with van der Waals surface area (Å²) in [6.07, 6.45) is 1.65. The van der Waals surface area contributed by atoms with Crippen molar-refractivity contribution in [2.45, 2.75) is 19.3 Å². The van der Waals surface area contributed by atoms with Crippen molar-refractivity contribution in [2.75, 3.05) is 19.6 Å². The van der Waals surface area contributed by atoms with Gasteiger partial charge in [-0.1, -0.05) is 30.3 Å². The maximum atomic E-state index is 10.7. The maximum Gasteiger partial charge on any atom is 0.317 e. The molecule has 2 N–H and O–H groups in total. The van der Waals surface area contributed by atoms with Crippen LogP contribution in [0.4, 0.5) is 0 Å². The highest BCUT2D eigenvalue weighted by Gasteiger charge is 2.11. The lowest BCUT2D eigenvalue weighted by atomic mass is 10.1. The topological polar surface area (TPSA) is 77.8 Å². The molecule has 0 bridgehead atoms. The molecule has 5 nitrogen and oxygen atoms in total. The van der Waals surface area contributed by atoms with E-state index in [1.54, 1.807) is 4.90 Å². The highest BCUT2D eigenvalue weighted by Crippen LogP contribution is 2.04. The van der Waals surface area contributed by atoms with Gasteiger partial charge in [0.05, 0.1) is 13.0 Å². The molecule has 0 saturated heterocycles. The zero-order valence-electron chi connectivity index (χ0n) is 10.8. The van der Waals surface area contributed by atoms with E-state index in [0.717, 1.165) is 12.8 Å². The first-order valence-corrected chi connectivity index (χ1v) is 6.28. The molecule has 0 radical (unpaired) electrons. The molecular weight excluding hydrogens is 246 g/mol. The molecule has 19 heavy (non-hydrogen) atoms. The van der Waals surface area contributed by atoms with Crippen LogP contribution < -0.4 is 0 Å². The van der Waals surface area contributed by atoms with Crippen LogP contribution in [0.15, 0.2) is 30.3 Å². The Bertz CT molecular complexity index is 405. The van der Waals surface area contributed by atoms with E-state index in [1.807, 2.05) is 30.3 Å². The number of carboxylic acids is 2. The van der Waals surface area contributed by atoms with Crippen LogP contribution in [0.3, 0.4) is 0 Å². The lowest BCUT2D eigenvalue weighted by molar-refractivity contribution is -0.141. The minimum absolute atomic E-state index is 0.0291. The van der Waals surface area contributed by atoms with Crippen LogP contribution in [0.2, 0.25) is 0 Å². The van der Waals surface area contributed by atoms with Crippen LogP contribution in [0.25, 0.3) is 0 Å². The first kappa shape index (κ1) is 15.2. The van der Waals surface area contributed by atoms with Gasteiger partial charge in [-0.25, -0.2) is 0 Å². The SMILES string of the molecule is O=C(O)CCN(CCCc1ccccc1)CC(=O)O. The molecule has 0 aliphatic heterocycles. The smallest absolute Gasteiger partial charge is 0.317 e. The zero-order valence-corrected chi connectivity index (χ0v) is 10.8. The van der Waals surface area contributed by atoms with Crippen LogP contribution in [0.1, 0.15) is 18.4 Å². The van der Waals surface area contributed by atoms with E-state index >= 15 is 0 Å². The lowest BCUT2D eigenvalue weighted by Gasteiger charge is -2.19. The third-order valence-electron chi connectivity index (χ3n) is 2.78. The van der Waals surface area contributed by atoms with E-state index in [-0.39, 0.29) is 19.5 Å². The Labute approximate surface area is 112 Å². The number of hydrogen-bond donors (Lipinski definition) is 2. The Balaban J connectivity index is 2.35. The Morgan fingerprint density at radius 2 is 1.68 bits per heavy atom. The van der Waals surface area contributed by atoms with Gasteiger partial charge in [-0.15, -0.1) is 0 Å². The van der Waals surface area contributed by atoms with Crippen molar-refractivity contribution in [3.8, 4) is 0 Å². The molecular formula is C14H19NO4. The molecule has 1 rings (SSSR count). The van der Waals surface area contributed by atoms with Gasteiger partial charge >= 0.3 is 11.9 Å². The normalized spacial score (nSPS) is 10.6. The van der Waals surface area contributed by atoms with Crippen LogP contribution >= 0.6 is 0 Å². The number of hydrogen-bond acceptors (Lipinski definition) is 3. The summed E-state index contributed by atoms with van der Waals surface area (Å²) in [5.41, 5.74) is 1.20. The van der Waals surface area contributed by atoms with E-state index in [0.29, 0.717) is 6.54 Å². The average Bonchev–Trinajstić information content (AvgIpc) is 2.36. The van der Waals surface area contributed by atoms with Gasteiger partial charge < -0.3 is 10.2 Å². The second-order valence-corrected chi connectivity index (χ2v) is 4.40. The van der Waals surface area contributed by atoms with Gasteiger partial charge in [0.2, 0.25) is 0 Å². The van der Waals surface area contributed by atoms with Gasteiger partial charge in [-0.3, -0.25) is 14.5 Å². The van der Waals surface area contributed by atoms with Gasteiger partial charge in [0, 0.05) is 6.54 Å². The van der Waals surface area contributed by atoms with Gasteiger partial charge in [-0.05, 0) is 24.9 Å². The van der Waals surface area contributed by atoms with Crippen molar-refractivity contribution >= 4 is 11.9 Å². The summed E-state index contributed by atoms with van der Waals surface area (Å²) in [7, 11) is 0. The molecule has 0 heterocycles. The number of aryl methyl sites for hydroxylation is 1. The summed E-state index contributed by atoms with van der Waals surface area (Å²) in [5, 5.41) is 17.4. The van der Waals surface area contributed by atoms with Crippen molar-refractivity contribution in [1.29, 1.82) is 0 Å². The fraction of sp³-hybridized carbons (Fsp3) is 0.429. The Morgan fingerprint density at radius 3 is 2.26 bits per heavy atom. The Kier molecular flexibility index (Phi) is 6.60. The third-order valence-corrected chi connectivity index (χ3v) is 2.78. The van der Waals surface area contributed by atoms with E-state index in [1.165, 1.54) is 5.56 Å². The van der Waals surface area contributed by atoms with Crippen LogP contribution in [-0.2, 0) is 16.0 Å². The minimum atomic E-state index is -0.926. The summed E-state index contributed by atoms with van der Waals surface area (Å²) in [6, 6.07) is 9.94. The monoisotopic (exact) mass is 265 g/mol. The molecule has 0 fully saturated rings. The molecule has 1 aromatic carbocycles. The number of carbonyl (C=O) groups is 2. The molecule has 0 unspecified atom stereocenters. The number of carboxylic acid groups (broad SMARTS) is 2. The van der Waals surface area contributed by atoms with Crippen molar-refractivity contribution in [1.82, 2.24) is 4.90 Å². The lowest BCUT2D eigenvalue weighted by Crippen LogP contribution is -2.32. The Hall–Kier alpha value is -1.88. The van der Waals surface area contributed by atoms with E-state index < -0.39 is 11.9 Å². The molecule has 0 atom stereocenters. The van der Waals surface area contributed by atoms with Gasteiger partial charge in [0.1, 0.15) is 0 Å². The zero-order chi connectivity index (χ0) is 14.1. The fourth-order valence-electron chi connectivity index (χ4n) is 1.87.